The van der Waals surface area contributed by atoms with Crippen molar-refractivity contribution in [2.24, 2.45) is 46.8 Å². The fourth-order valence-electron chi connectivity index (χ4n) is 8.87. The van der Waals surface area contributed by atoms with Gasteiger partial charge in [0.15, 0.2) is 0 Å². The molecule has 1 aromatic rings. The molecular formula is C26H34N2O2. The Morgan fingerprint density at radius 2 is 2.00 bits per heavy atom. The summed E-state index contributed by atoms with van der Waals surface area (Å²) in [7, 11) is 0. The van der Waals surface area contributed by atoms with Crippen LogP contribution in [-0.2, 0) is 17.6 Å². The Hall–Kier alpha value is -1.71. The Balaban J connectivity index is 1.33. The number of rotatable bonds is 1. The molecule has 5 aliphatic carbocycles. The summed E-state index contributed by atoms with van der Waals surface area (Å²) >= 11 is 0. The molecule has 6 rings (SSSR count). The van der Waals surface area contributed by atoms with E-state index in [9.17, 15) is 9.90 Å². The van der Waals surface area contributed by atoms with Crippen LogP contribution in [0.3, 0.4) is 0 Å². The first-order valence-corrected chi connectivity index (χ1v) is 12.3. The molecule has 1 N–H and O–H groups in total. The molecule has 0 radical (unpaired) electrons. The molecule has 8 atom stereocenters. The van der Waals surface area contributed by atoms with Crippen LogP contribution in [-0.4, -0.2) is 21.0 Å². The minimum absolute atomic E-state index is 0.279. The highest BCUT2D eigenvalue weighted by molar-refractivity contribution is 5.76. The summed E-state index contributed by atoms with van der Waals surface area (Å²) < 4.78 is 0. The van der Waals surface area contributed by atoms with Crippen molar-refractivity contribution in [3.05, 3.63) is 35.4 Å². The van der Waals surface area contributed by atoms with Crippen LogP contribution in [0.25, 0.3) is 0 Å². The molecule has 3 fully saturated rings. The summed E-state index contributed by atoms with van der Waals surface area (Å²) in [5, 5.41) is 10.3. The van der Waals surface area contributed by atoms with Crippen LogP contribution >= 0.6 is 0 Å². The zero-order chi connectivity index (χ0) is 20.5. The third-order valence-electron chi connectivity index (χ3n) is 10.1. The SMILES string of the molecule is CC1CCCC2(C(=O)O)CCC3C(=CCC4C5Cc6cncnc6CC5CCC34)C12. The van der Waals surface area contributed by atoms with Gasteiger partial charge in [0, 0.05) is 11.9 Å². The Labute approximate surface area is 179 Å². The van der Waals surface area contributed by atoms with E-state index < -0.39 is 11.4 Å². The summed E-state index contributed by atoms with van der Waals surface area (Å²) in [4.78, 5) is 21.4. The third kappa shape index (κ3) is 2.61. The van der Waals surface area contributed by atoms with E-state index >= 15 is 0 Å². The van der Waals surface area contributed by atoms with Gasteiger partial charge < -0.3 is 5.11 Å². The fraction of sp³-hybridized carbons (Fsp3) is 0.731. The second-order valence-corrected chi connectivity index (χ2v) is 11.1. The van der Waals surface area contributed by atoms with E-state index in [0.29, 0.717) is 11.8 Å². The van der Waals surface area contributed by atoms with Gasteiger partial charge in [0.2, 0.25) is 0 Å². The van der Waals surface area contributed by atoms with E-state index in [2.05, 4.69) is 29.2 Å². The van der Waals surface area contributed by atoms with Gasteiger partial charge in [0.25, 0.3) is 0 Å². The molecule has 1 heterocycles. The van der Waals surface area contributed by atoms with E-state index in [-0.39, 0.29) is 5.92 Å². The van der Waals surface area contributed by atoms with Crippen molar-refractivity contribution < 1.29 is 9.90 Å². The van der Waals surface area contributed by atoms with E-state index in [4.69, 9.17) is 0 Å². The largest absolute Gasteiger partial charge is 0.481 e. The van der Waals surface area contributed by atoms with Gasteiger partial charge in [-0.15, -0.1) is 0 Å². The molecule has 30 heavy (non-hydrogen) atoms. The van der Waals surface area contributed by atoms with Crippen molar-refractivity contribution in [1.82, 2.24) is 9.97 Å². The predicted molar refractivity (Wildman–Crippen MR) is 115 cm³/mol. The monoisotopic (exact) mass is 406 g/mol. The molecule has 0 saturated heterocycles. The van der Waals surface area contributed by atoms with Crippen LogP contribution in [0.4, 0.5) is 0 Å². The van der Waals surface area contributed by atoms with Gasteiger partial charge in [-0.3, -0.25) is 4.79 Å². The van der Waals surface area contributed by atoms with Crippen molar-refractivity contribution in [3.8, 4) is 0 Å². The van der Waals surface area contributed by atoms with Crippen molar-refractivity contribution >= 4 is 5.97 Å². The third-order valence-corrected chi connectivity index (χ3v) is 10.1. The highest BCUT2D eigenvalue weighted by Gasteiger charge is 2.58. The van der Waals surface area contributed by atoms with Crippen LogP contribution in [0, 0.1) is 46.8 Å². The van der Waals surface area contributed by atoms with Crippen molar-refractivity contribution in [2.75, 3.05) is 0 Å². The summed E-state index contributed by atoms with van der Waals surface area (Å²) in [6, 6.07) is 0. The summed E-state index contributed by atoms with van der Waals surface area (Å²) in [5.41, 5.74) is 3.75. The molecular weight excluding hydrogens is 372 g/mol. The molecule has 5 aliphatic rings. The average Bonchev–Trinajstić information content (AvgIpc) is 2.76. The van der Waals surface area contributed by atoms with Gasteiger partial charge in [-0.25, -0.2) is 9.97 Å². The molecule has 160 valence electrons. The lowest BCUT2D eigenvalue weighted by Gasteiger charge is -2.57. The quantitative estimate of drug-likeness (QED) is 0.661. The van der Waals surface area contributed by atoms with Crippen molar-refractivity contribution in [1.29, 1.82) is 0 Å². The molecule has 4 heteroatoms. The highest BCUT2D eigenvalue weighted by Crippen LogP contribution is 2.62. The normalized spacial score (nSPS) is 44.4. The standard InChI is InChI=1S/C26H34N2O2/c1-15-3-2-9-26(25(29)30)10-8-20-18-5-4-16-12-23-17(13-27-14-28-23)11-22(16)19(18)6-7-21(20)24(15)26/h7,13-16,18-20,22,24H,2-6,8-12H2,1H3,(H,29,30). The van der Waals surface area contributed by atoms with Gasteiger partial charge in [-0.1, -0.05) is 31.4 Å². The maximum Gasteiger partial charge on any atom is 0.310 e. The lowest BCUT2D eigenvalue weighted by molar-refractivity contribution is -0.159. The van der Waals surface area contributed by atoms with Crippen LogP contribution in [0.2, 0.25) is 0 Å². The lowest BCUT2D eigenvalue weighted by atomic mass is 9.46. The van der Waals surface area contributed by atoms with E-state index in [1.54, 1.807) is 11.9 Å². The number of fused-ring (bicyclic) bond motifs is 8. The number of allylic oxidation sites excluding steroid dienone is 2. The molecule has 0 amide bonds. The maximum atomic E-state index is 12.5. The first-order chi connectivity index (χ1) is 14.6. The Bertz CT molecular complexity index is 895. The smallest absolute Gasteiger partial charge is 0.310 e. The Kier molecular flexibility index (Phi) is 4.37. The number of aliphatic carboxylic acids is 1. The first-order valence-electron chi connectivity index (χ1n) is 12.3. The predicted octanol–water partition coefficient (Wildman–Crippen LogP) is 5.08. The van der Waals surface area contributed by atoms with Gasteiger partial charge in [-0.2, -0.15) is 0 Å². The minimum Gasteiger partial charge on any atom is -0.481 e. The summed E-state index contributed by atoms with van der Waals surface area (Å²) in [5.74, 6) is 3.97. The van der Waals surface area contributed by atoms with Crippen molar-refractivity contribution in [2.45, 2.75) is 71.1 Å². The average molecular weight is 407 g/mol. The molecule has 0 aliphatic heterocycles. The number of hydrogen-bond donors (Lipinski definition) is 1. The molecule has 0 aromatic carbocycles. The molecule has 3 saturated carbocycles. The van der Waals surface area contributed by atoms with Crippen molar-refractivity contribution in [3.63, 3.8) is 0 Å². The van der Waals surface area contributed by atoms with E-state index in [0.717, 1.165) is 62.2 Å². The second kappa shape index (κ2) is 6.90. The zero-order valence-electron chi connectivity index (χ0n) is 18.1. The fourth-order valence-corrected chi connectivity index (χ4v) is 8.87. The summed E-state index contributed by atoms with van der Waals surface area (Å²) in [6.07, 6.45) is 17.6. The van der Waals surface area contributed by atoms with Crippen LogP contribution < -0.4 is 0 Å². The zero-order valence-corrected chi connectivity index (χ0v) is 18.1. The minimum atomic E-state index is -0.520. The number of nitrogens with zero attached hydrogens (tertiary/aromatic N) is 2. The topological polar surface area (TPSA) is 63.1 Å². The van der Waals surface area contributed by atoms with Crippen LogP contribution in [0.5, 0.6) is 0 Å². The van der Waals surface area contributed by atoms with E-state index in [1.165, 1.54) is 36.9 Å². The number of carbonyl (C=O) groups is 1. The van der Waals surface area contributed by atoms with Gasteiger partial charge in [-0.05, 0) is 98.4 Å². The van der Waals surface area contributed by atoms with Crippen LogP contribution in [0.1, 0.15) is 69.5 Å². The lowest BCUT2D eigenvalue weighted by Crippen LogP contribution is -2.53. The molecule has 8 unspecified atom stereocenters. The molecule has 0 spiro atoms. The molecule has 4 nitrogen and oxygen atoms in total. The van der Waals surface area contributed by atoms with Gasteiger partial charge in [0.05, 0.1) is 5.41 Å². The molecule has 1 aromatic heterocycles. The first kappa shape index (κ1) is 19.0. The second-order valence-electron chi connectivity index (χ2n) is 11.1. The van der Waals surface area contributed by atoms with Crippen LogP contribution in [0.15, 0.2) is 24.2 Å². The highest BCUT2D eigenvalue weighted by atomic mass is 16.4. The Morgan fingerprint density at radius 3 is 2.87 bits per heavy atom. The van der Waals surface area contributed by atoms with Gasteiger partial charge in [0.1, 0.15) is 6.33 Å². The maximum absolute atomic E-state index is 12.5. The number of carboxylic acid groups (broad SMARTS) is 1. The summed E-state index contributed by atoms with van der Waals surface area (Å²) in [6.45, 7) is 2.33. The molecule has 0 bridgehead atoms. The number of hydrogen-bond acceptors (Lipinski definition) is 3. The number of aromatic nitrogens is 2. The number of carboxylic acids is 1. The Morgan fingerprint density at radius 1 is 1.10 bits per heavy atom. The van der Waals surface area contributed by atoms with E-state index in [1.807, 2.05) is 0 Å². The van der Waals surface area contributed by atoms with Gasteiger partial charge >= 0.3 is 5.97 Å².